The zero-order chi connectivity index (χ0) is 12.9. The third kappa shape index (κ3) is 4.07. The minimum absolute atomic E-state index is 0.393. The molecule has 1 saturated carbocycles. The molecule has 1 fully saturated rings. The highest BCUT2D eigenvalue weighted by atomic mass is 16.1. The quantitative estimate of drug-likeness (QED) is 0.649. The van der Waals surface area contributed by atoms with Gasteiger partial charge in [-0.3, -0.25) is 4.79 Å². The minimum Gasteiger partial charge on any atom is -0.305 e. The first-order valence-electron chi connectivity index (χ1n) is 6.88. The summed E-state index contributed by atoms with van der Waals surface area (Å²) in [7, 11) is 6.56. The van der Waals surface area contributed by atoms with Gasteiger partial charge in [0.05, 0.1) is 0 Å². The molecule has 0 heterocycles. The number of likely N-dealkylation sites (N-methyl/N-ethyl adjacent to an activating group) is 2. The molecule has 17 heavy (non-hydrogen) atoms. The van der Waals surface area contributed by atoms with Crippen LogP contribution in [-0.2, 0) is 4.79 Å². The van der Waals surface area contributed by atoms with Gasteiger partial charge in [-0.15, -0.1) is 0 Å². The van der Waals surface area contributed by atoms with Crippen LogP contribution in [0, 0.1) is 0 Å². The molecule has 0 N–H and O–H groups in total. The Hall–Kier alpha value is -0.410. The van der Waals surface area contributed by atoms with Gasteiger partial charge in [0.2, 0.25) is 0 Å². The molecule has 1 aliphatic rings. The Morgan fingerprint density at radius 1 is 1.24 bits per heavy atom. The maximum absolute atomic E-state index is 11.2. The normalized spacial score (nSPS) is 18.5. The standard InChI is InChI=1S/C14H28N2O/c1-5-13(17)8-6-11-16(4)12-14(15(2)3)9-7-10-14/h5-12H2,1-4H3. The molecule has 0 bridgehead atoms. The molecule has 0 unspecified atom stereocenters. The van der Waals surface area contributed by atoms with E-state index in [0.29, 0.717) is 17.7 Å². The molecule has 0 spiro atoms. The number of hydrogen-bond donors (Lipinski definition) is 0. The van der Waals surface area contributed by atoms with Gasteiger partial charge in [-0.05, 0) is 53.4 Å². The molecule has 3 heteroatoms. The molecule has 0 aliphatic heterocycles. The summed E-state index contributed by atoms with van der Waals surface area (Å²) in [5, 5.41) is 0. The summed E-state index contributed by atoms with van der Waals surface area (Å²) < 4.78 is 0. The first-order chi connectivity index (χ1) is 8.00. The predicted molar refractivity (Wildman–Crippen MR) is 72.3 cm³/mol. The van der Waals surface area contributed by atoms with Crippen LogP contribution in [0.1, 0.15) is 45.4 Å². The van der Waals surface area contributed by atoms with Crippen LogP contribution < -0.4 is 0 Å². The molecule has 0 amide bonds. The van der Waals surface area contributed by atoms with Gasteiger partial charge >= 0.3 is 0 Å². The second kappa shape index (κ2) is 6.50. The lowest BCUT2D eigenvalue weighted by Crippen LogP contribution is -2.56. The van der Waals surface area contributed by atoms with Crippen LogP contribution in [0.2, 0.25) is 0 Å². The van der Waals surface area contributed by atoms with Crippen molar-refractivity contribution < 1.29 is 4.79 Å². The van der Waals surface area contributed by atoms with Crippen molar-refractivity contribution in [3.63, 3.8) is 0 Å². The Labute approximate surface area is 106 Å². The van der Waals surface area contributed by atoms with E-state index in [4.69, 9.17) is 0 Å². The molecule has 0 radical (unpaired) electrons. The van der Waals surface area contributed by atoms with Gasteiger partial charge in [-0.1, -0.05) is 6.92 Å². The number of nitrogens with zero attached hydrogens (tertiary/aromatic N) is 2. The van der Waals surface area contributed by atoms with E-state index in [9.17, 15) is 4.79 Å². The van der Waals surface area contributed by atoms with Crippen LogP contribution in [-0.4, -0.2) is 55.4 Å². The van der Waals surface area contributed by atoms with Crippen LogP contribution in [0.25, 0.3) is 0 Å². The van der Waals surface area contributed by atoms with Crippen LogP contribution in [0.15, 0.2) is 0 Å². The summed E-state index contributed by atoms with van der Waals surface area (Å²) in [6.07, 6.45) is 6.44. The van der Waals surface area contributed by atoms with Crippen molar-refractivity contribution in [3.8, 4) is 0 Å². The zero-order valence-electron chi connectivity index (χ0n) is 12.0. The van der Waals surface area contributed by atoms with Crippen molar-refractivity contribution in [1.82, 2.24) is 9.80 Å². The van der Waals surface area contributed by atoms with Crippen LogP contribution in [0.4, 0.5) is 0 Å². The molecular formula is C14H28N2O. The Morgan fingerprint density at radius 2 is 1.88 bits per heavy atom. The smallest absolute Gasteiger partial charge is 0.132 e. The highest BCUT2D eigenvalue weighted by molar-refractivity contribution is 5.77. The van der Waals surface area contributed by atoms with Crippen molar-refractivity contribution in [1.29, 1.82) is 0 Å². The van der Waals surface area contributed by atoms with E-state index in [-0.39, 0.29) is 0 Å². The molecule has 3 nitrogen and oxygen atoms in total. The first-order valence-corrected chi connectivity index (χ1v) is 6.88. The van der Waals surface area contributed by atoms with E-state index in [1.165, 1.54) is 19.3 Å². The van der Waals surface area contributed by atoms with Gasteiger partial charge < -0.3 is 9.80 Å². The average molecular weight is 240 g/mol. The molecular weight excluding hydrogens is 212 g/mol. The van der Waals surface area contributed by atoms with E-state index in [2.05, 4.69) is 30.9 Å². The van der Waals surface area contributed by atoms with Crippen LogP contribution in [0.5, 0.6) is 0 Å². The lowest BCUT2D eigenvalue weighted by molar-refractivity contribution is -0.118. The number of carbonyl (C=O) groups excluding carboxylic acids is 1. The summed E-state index contributed by atoms with van der Waals surface area (Å²) in [5.74, 6) is 0.393. The van der Waals surface area contributed by atoms with Crippen molar-refractivity contribution in [3.05, 3.63) is 0 Å². The lowest BCUT2D eigenvalue weighted by Gasteiger charge is -2.49. The number of hydrogen-bond acceptors (Lipinski definition) is 3. The molecule has 0 atom stereocenters. The van der Waals surface area contributed by atoms with E-state index < -0.39 is 0 Å². The van der Waals surface area contributed by atoms with E-state index in [1.54, 1.807) is 0 Å². The lowest BCUT2D eigenvalue weighted by atomic mass is 9.75. The summed E-state index contributed by atoms with van der Waals surface area (Å²) in [5.41, 5.74) is 0.406. The summed E-state index contributed by atoms with van der Waals surface area (Å²) >= 11 is 0. The summed E-state index contributed by atoms with van der Waals surface area (Å²) in [4.78, 5) is 16.0. The number of Topliss-reactive ketones (excluding diaryl/α,β-unsaturated/α-hetero) is 1. The van der Waals surface area contributed by atoms with Gasteiger partial charge in [-0.25, -0.2) is 0 Å². The van der Waals surface area contributed by atoms with Gasteiger partial charge in [-0.2, -0.15) is 0 Å². The van der Waals surface area contributed by atoms with Crippen molar-refractivity contribution >= 4 is 5.78 Å². The van der Waals surface area contributed by atoms with Crippen LogP contribution >= 0.6 is 0 Å². The molecule has 1 rings (SSSR count). The maximum atomic E-state index is 11.2. The molecule has 0 aromatic heterocycles. The van der Waals surface area contributed by atoms with Gasteiger partial charge in [0, 0.05) is 24.9 Å². The van der Waals surface area contributed by atoms with Crippen molar-refractivity contribution in [2.45, 2.75) is 51.0 Å². The summed E-state index contributed by atoms with van der Waals surface area (Å²) in [6, 6.07) is 0. The second-order valence-electron chi connectivity index (χ2n) is 5.71. The predicted octanol–water partition coefficient (Wildman–Crippen LogP) is 2.16. The molecule has 0 aromatic rings. The fourth-order valence-corrected chi connectivity index (χ4v) is 2.64. The Balaban J connectivity index is 2.24. The number of carbonyl (C=O) groups is 1. The molecule has 0 saturated heterocycles. The topological polar surface area (TPSA) is 23.6 Å². The highest BCUT2D eigenvalue weighted by Crippen LogP contribution is 2.36. The minimum atomic E-state index is 0.393. The molecule has 1 aliphatic carbocycles. The van der Waals surface area contributed by atoms with Crippen molar-refractivity contribution in [2.24, 2.45) is 0 Å². The largest absolute Gasteiger partial charge is 0.305 e. The Bertz CT molecular complexity index is 247. The monoisotopic (exact) mass is 240 g/mol. The molecule has 100 valence electrons. The fourth-order valence-electron chi connectivity index (χ4n) is 2.64. The first kappa shape index (κ1) is 14.7. The van der Waals surface area contributed by atoms with E-state index >= 15 is 0 Å². The van der Waals surface area contributed by atoms with Crippen LogP contribution in [0.3, 0.4) is 0 Å². The number of ketones is 1. The summed E-state index contributed by atoms with van der Waals surface area (Å²) in [6.45, 7) is 4.13. The van der Waals surface area contributed by atoms with Gasteiger partial charge in [0.15, 0.2) is 0 Å². The average Bonchev–Trinajstić information content (AvgIpc) is 2.22. The van der Waals surface area contributed by atoms with Gasteiger partial charge in [0.1, 0.15) is 5.78 Å². The Kier molecular flexibility index (Phi) is 5.60. The second-order valence-corrected chi connectivity index (χ2v) is 5.71. The zero-order valence-corrected chi connectivity index (χ0v) is 12.0. The number of rotatable bonds is 8. The highest BCUT2D eigenvalue weighted by Gasteiger charge is 2.39. The SMILES string of the molecule is CCC(=O)CCCN(C)CC1(N(C)C)CCC1. The van der Waals surface area contributed by atoms with E-state index in [0.717, 1.165) is 25.9 Å². The Morgan fingerprint density at radius 3 is 2.29 bits per heavy atom. The fraction of sp³-hybridized carbons (Fsp3) is 0.929. The van der Waals surface area contributed by atoms with Gasteiger partial charge in [0.25, 0.3) is 0 Å². The third-order valence-corrected chi connectivity index (χ3v) is 4.19. The third-order valence-electron chi connectivity index (χ3n) is 4.19. The molecule has 0 aromatic carbocycles. The maximum Gasteiger partial charge on any atom is 0.132 e. The van der Waals surface area contributed by atoms with Crippen molar-refractivity contribution in [2.75, 3.05) is 34.2 Å². The van der Waals surface area contributed by atoms with E-state index in [1.807, 2.05) is 6.92 Å².